The molecule has 4 atom stereocenters. The molecule has 3 aliphatic rings. The van der Waals surface area contributed by atoms with Crippen LogP contribution in [0.25, 0.3) is 32.2 Å². The van der Waals surface area contributed by atoms with Gasteiger partial charge in [-0.3, -0.25) is 9.97 Å². The van der Waals surface area contributed by atoms with Crippen molar-refractivity contribution in [1.82, 2.24) is 9.97 Å². The van der Waals surface area contributed by atoms with E-state index in [4.69, 9.17) is 20.6 Å². The van der Waals surface area contributed by atoms with E-state index in [-0.39, 0.29) is 43.7 Å². The minimum atomic E-state index is 0. The fraction of sp³-hybridized carbons (Fsp3) is 0.137. The third-order valence-corrected chi connectivity index (χ3v) is 11.5. The number of hydrogen-bond donors (Lipinski definition) is 0. The van der Waals surface area contributed by atoms with Crippen molar-refractivity contribution in [1.29, 1.82) is 0 Å². The maximum atomic E-state index is 5.47. The molecule has 11 rings (SSSR count). The second kappa shape index (κ2) is 16.4. The molecule has 6 aromatic carbocycles. The molecule has 0 aliphatic heterocycles. The van der Waals surface area contributed by atoms with E-state index in [1.165, 1.54) is 33.0 Å². The van der Waals surface area contributed by atoms with Gasteiger partial charge in [0.1, 0.15) is 0 Å². The molecule has 5 heteroatoms. The first-order valence-corrected chi connectivity index (χ1v) is 19.0. The quantitative estimate of drug-likeness (QED) is 0.157. The van der Waals surface area contributed by atoms with E-state index < -0.39 is 0 Å². The van der Waals surface area contributed by atoms with Crippen LogP contribution in [0.15, 0.2) is 182 Å². The molecule has 2 unspecified atom stereocenters. The average Bonchev–Trinajstić information content (AvgIpc) is 3.43. The number of hydrogen-bond acceptors (Lipinski definition) is 2. The Morgan fingerprint density at radius 3 is 1.20 bits per heavy atom. The summed E-state index contributed by atoms with van der Waals surface area (Å²) in [4.78, 5) is 9.56. The van der Waals surface area contributed by atoms with Crippen molar-refractivity contribution in [3.63, 3.8) is 0 Å². The molecular formula is C51H42N4Zr. The minimum absolute atomic E-state index is 0. The minimum Gasteiger partial charge on any atom is -0.655 e. The molecule has 0 amide bonds. The molecule has 4 nitrogen and oxygen atoms in total. The standard InChI is InChI=1S/C37H28N4.2C7H7.Zr/c1-3-11-25-19-38-27(17-23(25)9-1)21-40-35-33-29-13-5-7-15-31(29)37(33)32-16-8-6-14-30(32)34(37)36(35)41-22-28-18-24-10-2-4-12-26(24)20-39-28;2*1-7-5-3-2-4-6-7;/h1-20,33-36H,21-22H2;2*2-6H,1H2;/q-2;2*-1;+4/t33?,34?,35-,36-,37?;;;/m1.../s1. The van der Waals surface area contributed by atoms with E-state index in [9.17, 15) is 0 Å². The molecule has 2 aromatic heterocycles. The molecule has 1 saturated carbocycles. The van der Waals surface area contributed by atoms with Crippen molar-refractivity contribution >= 4 is 21.5 Å². The first kappa shape index (κ1) is 37.6. The van der Waals surface area contributed by atoms with Gasteiger partial charge in [-0.25, -0.2) is 0 Å². The summed E-state index contributed by atoms with van der Waals surface area (Å²) in [6.07, 6.45) is 3.95. The molecule has 270 valence electrons. The summed E-state index contributed by atoms with van der Waals surface area (Å²) in [5.74, 6) is 0.662. The first-order chi connectivity index (χ1) is 27.1. The van der Waals surface area contributed by atoms with E-state index in [1.807, 2.05) is 73.1 Å². The molecular weight excluding hydrogens is 760 g/mol. The summed E-state index contributed by atoms with van der Waals surface area (Å²) < 4.78 is 0. The van der Waals surface area contributed by atoms with Gasteiger partial charge in [0.05, 0.1) is 0 Å². The topological polar surface area (TPSA) is 54.0 Å². The van der Waals surface area contributed by atoms with Gasteiger partial charge in [-0.1, -0.05) is 109 Å². The molecule has 1 spiro atoms. The van der Waals surface area contributed by atoms with Gasteiger partial charge < -0.3 is 10.6 Å². The van der Waals surface area contributed by atoms with Crippen LogP contribution in [-0.4, -0.2) is 22.1 Å². The fourth-order valence-electron chi connectivity index (χ4n) is 9.15. The molecule has 56 heavy (non-hydrogen) atoms. The SMILES string of the molecule is [CH2-]c1ccccc1.[CH2-]c1ccccc1.[Zr+4].c1ccc2c(c1)C1[C@@H]([N-]Cc3cc4ccccc4cn3)[C@H]([N-]Cc3cc4ccccc4cn3)C3c4ccccc4C213. The van der Waals surface area contributed by atoms with Crippen LogP contribution in [0.2, 0.25) is 0 Å². The van der Waals surface area contributed by atoms with Gasteiger partial charge in [0.2, 0.25) is 0 Å². The smallest absolute Gasteiger partial charge is 0.655 e. The van der Waals surface area contributed by atoms with Crippen molar-refractivity contribution in [2.24, 2.45) is 0 Å². The Balaban J connectivity index is 0.000000249. The Labute approximate surface area is 349 Å². The predicted molar refractivity (Wildman–Crippen MR) is 226 cm³/mol. The Hall–Kier alpha value is -5.32. The zero-order valence-corrected chi connectivity index (χ0v) is 33.7. The fourth-order valence-corrected chi connectivity index (χ4v) is 9.15. The van der Waals surface area contributed by atoms with Crippen LogP contribution in [0, 0.1) is 13.8 Å². The van der Waals surface area contributed by atoms with Crippen LogP contribution < -0.4 is 0 Å². The van der Waals surface area contributed by atoms with E-state index in [0.29, 0.717) is 24.9 Å². The molecule has 1 fully saturated rings. The molecule has 2 heterocycles. The summed E-state index contributed by atoms with van der Waals surface area (Å²) in [6.45, 7) is 8.62. The third-order valence-electron chi connectivity index (χ3n) is 11.5. The van der Waals surface area contributed by atoms with Crippen molar-refractivity contribution in [3.05, 3.63) is 252 Å². The molecule has 3 aliphatic carbocycles. The predicted octanol–water partition coefficient (Wildman–Crippen LogP) is 11.9. The van der Waals surface area contributed by atoms with Crippen LogP contribution in [0.5, 0.6) is 0 Å². The molecule has 0 N–H and O–H groups in total. The Bertz CT molecular complexity index is 2390. The van der Waals surface area contributed by atoms with Gasteiger partial charge in [-0.15, -0.1) is 49.4 Å². The molecule has 0 saturated heterocycles. The van der Waals surface area contributed by atoms with E-state index in [2.05, 4.69) is 123 Å². The number of rotatable bonds is 6. The van der Waals surface area contributed by atoms with Gasteiger partial charge >= 0.3 is 26.2 Å². The Morgan fingerprint density at radius 2 is 0.804 bits per heavy atom. The Kier molecular flexibility index (Phi) is 11.0. The number of aromatic nitrogens is 2. The summed E-state index contributed by atoms with van der Waals surface area (Å²) >= 11 is 0. The second-order valence-corrected chi connectivity index (χ2v) is 14.7. The third kappa shape index (κ3) is 6.90. The van der Waals surface area contributed by atoms with Crippen LogP contribution >= 0.6 is 0 Å². The maximum Gasteiger partial charge on any atom is 4.00 e. The first-order valence-electron chi connectivity index (χ1n) is 19.0. The number of pyridine rings is 2. The normalized spacial score (nSPS) is 20.5. The summed E-state index contributed by atoms with van der Waals surface area (Å²) in [6, 6.07) is 59.1. The number of benzene rings is 6. The summed E-state index contributed by atoms with van der Waals surface area (Å²) in [5.41, 5.74) is 9.99. The molecule has 0 radical (unpaired) electrons. The second-order valence-electron chi connectivity index (χ2n) is 14.7. The van der Waals surface area contributed by atoms with Crippen molar-refractivity contribution in [3.8, 4) is 0 Å². The van der Waals surface area contributed by atoms with Crippen LogP contribution in [-0.2, 0) is 44.7 Å². The van der Waals surface area contributed by atoms with Crippen LogP contribution in [0.3, 0.4) is 0 Å². The average molecular weight is 802 g/mol. The van der Waals surface area contributed by atoms with Crippen molar-refractivity contribution in [2.45, 2.75) is 42.4 Å². The van der Waals surface area contributed by atoms with Gasteiger partial charge in [0.25, 0.3) is 0 Å². The van der Waals surface area contributed by atoms with Gasteiger partial charge in [-0.2, -0.15) is 49.2 Å². The van der Waals surface area contributed by atoms with Crippen LogP contribution in [0.1, 0.15) is 56.6 Å². The molecule has 0 bridgehead atoms. The molecule has 8 aromatic rings. The summed E-state index contributed by atoms with van der Waals surface area (Å²) in [5, 5.41) is 15.7. The van der Waals surface area contributed by atoms with E-state index >= 15 is 0 Å². The summed E-state index contributed by atoms with van der Waals surface area (Å²) in [7, 11) is 0. The maximum absolute atomic E-state index is 5.47. The number of nitrogens with zero attached hydrogens (tertiary/aromatic N) is 4. The zero-order valence-electron chi connectivity index (χ0n) is 31.2. The van der Waals surface area contributed by atoms with Gasteiger partial charge in [0.15, 0.2) is 0 Å². The van der Waals surface area contributed by atoms with Crippen LogP contribution in [0.4, 0.5) is 0 Å². The zero-order chi connectivity index (χ0) is 37.2. The number of fused-ring (bicyclic) bond motifs is 6. The van der Waals surface area contributed by atoms with E-state index in [1.54, 1.807) is 0 Å². The largest absolute Gasteiger partial charge is 4.00 e. The van der Waals surface area contributed by atoms with Crippen molar-refractivity contribution < 1.29 is 26.2 Å². The van der Waals surface area contributed by atoms with Crippen molar-refractivity contribution in [2.75, 3.05) is 0 Å². The van der Waals surface area contributed by atoms with Gasteiger partial charge in [0, 0.05) is 40.0 Å². The van der Waals surface area contributed by atoms with E-state index in [0.717, 1.165) is 33.3 Å². The Morgan fingerprint density at radius 1 is 0.446 bits per heavy atom. The van der Waals surface area contributed by atoms with Gasteiger partial charge in [-0.05, 0) is 57.0 Å². The monoisotopic (exact) mass is 800 g/mol.